The molecule has 1 amide bonds. The molecule has 0 radical (unpaired) electrons. The fourth-order valence-electron chi connectivity index (χ4n) is 8.81. The summed E-state index contributed by atoms with van der Waals surface area (Å²) in [5, 5.41) is 9.57. The topological polar surface area (TPSA) is 88.8 Å². The van der Waals surface area contributed by atoms with Crippen LogP contribution in [0.3, 0.4) is 0 Å². The predicted molar refractivity (Wildman–Crippen MR) is 165 cm³/mol. The lowest BCUT2D eigenvalue weighted by atomic mass is 9.71. The molecular formula is C34H41F2N7O2. The molecule has 3 fully saturated rings. The van der Waals surface area contributed by atoms with Gasteiger partial charge in [-0.25, -0.2) is 8.78 Å². The van der Waals surface area contributed by atoms with Crippen molar-refractivity contribution in [2.45, 2.75) is 81.2 Å². The maximum Gasteiger partial charge on any atom is 0.318 e. The molecule has 9 nitrogen and oxygen atoms in total. The Hall–Kier alpha value is -3.62. The number of alkyl halides is 1. The van der Waals surface area contributed by atoms with Crippen LogP contribution in [0.25, 0.3) is 0 Å². The summed E-state index contributed by atoms with van der Waals surface area (Å²) in [7, 11) is 2.17. The Kier molecular flexibility index (Phi) is 7.77. The van der Waals surface area contributed by atoms with Crippen molar-refractivity contribution >= 4 is 11.7 Å². The van der Waals surface area contributed by atoms with Crippen molar-refractivity contribution in [3.63, 3.8) is 0 Å². The fraction of sp³-hybridized carbons (Fsp3) is 0.588. The molecule has 11 heteroatoms. The molecule has 7 rings (SSSR count). The summed E-state index contributed by atoms with van der Waals surface area (Å²) in [4.78, 5) is 30.8. The van der Waals surface area contributed by atoms with Gasteiger partial charge in [0, 0.05) is 51.1 Å². The highest BCUT2D eigenvalue weighted by Gasteiger charge is 2.50. The van der Waals surface area contributed by atoms with Crippen molar-refractivity contribution in [3.05, 3.63) is 59.1 Å². The van der Waals surface area contributed by atoms with Gasteiger partial charge in [0.15, 0.2) is 5.83 Å². The first-order chi connectivity index (χ1) is 21.7. The largest absolute Gasteiger partial charge is 0.461 e. The highest BCUT2D eigenvalue weighted by Crippen LogP contribution is 2.47. The molecule has 238 valence electrons. The van der Waals surface area contributed by atoms with Crippen LogP contribution in [0, 0.1) is 11.3 Å². The van der Waals surface area contributed by atoms with E-state index in [2.05, 4.69) is 58.7 Å². The number of carbonyl (C=O) groups excluding carboxylic acids is 1. The molecule has 5 aliphatic rings. The number of nitriles is 1. The zero-order valence-corrected chi connectivity index (χ0v) is 26.0. The average molecular weight is 618 g/mol. The number of hydrogen-bond donors (Lipinski definition) is 0. The average Bonchev–Trinajstić information content (AvgIpc) is 3.56. The second-order valence-electron chi connectivity index (χ2n) is 13.6. The lowest BCUT2D eigenvalue weighted by molar-refractivity contribution is -0.131. The molecule has 1 aromatic heterocycles. The van der Waals surface area contributed by atoms with Crippen molar-refractivity contribution in [2.24, 2.45) is 0 Å². The molecule has 3 saturated heterocycles. The Morgan fingerprint density at radius 3 is 2.84 bits per heavy atom. The lowest BCUT2D eigenvalue weighted by Crippen LogP contribution is -2.56. The van der Waals surface area contributed by atoms with Crippen molar-refractivity contribution < 1.29 is 18.3 Å². The van der Waals surface area contributed by atoms with E-state index in [4.69, 9.17) is 14.7 Å². The fourth-order valence-corrected chi connectivity index (χ4v) is 8.81. The van der Waals surface area contributed by atoms with Gasteiger partial charge in [0.25, 0.3) is 5.91 Å². The van der Waals surface area contributed by atoms with E-state index in [1.807, 2.05) is 0 Å². The number of halogens is 2. The monoisotopic (exact) mass is 617 g/mol. The van der Waals surface area contributed by atoms with Crippen LogP contribution in [0.15, 0.2) is 36.7 Å². The third-order valence-electron chi connectivity index (χ3n) is 11.0. The maximum absolute atomic E-state index is 14.5. The molecule has 0 unspecified atom stereocenters. The van der Waals surface area contributed by atoms with Crippen molar-refractivity contribution in [3.8, 4) is 12.1 Å². The van der Waals surface area contributed by atoms with Gasteiger partial charge < -0.3 is 14.5 Å². The quantitative estimate of drug-likeness (QED) is 0.449. The number of piperazine rings is 1. The molecule has 1 aliphatic carbocycles. The summed E-state index contributed by atoms with van der Waals surface area (Å²) < 4.78 is 34.8. The number of likely N-dealkylation sites (N-methyl/N-ethyl adjacent to an activating group) is 1. The van der Waals surface area contributed by atoms with Gasteiger partial charge in [-0.2, -0.15) is 15.2 Å². The molecular weight excluding hydrogens is 576 g/mol. The number of aromatic nitrogens is 2. The van der Waals surface area contributed by atoms with Crippen LogP contribution in [0.4, 0.5) is 14.6 Å². The molecule has 0 saturated carbocycles. The number of carbonyl (C=O) groups is 1. The van der Waals surface area contributed by atoms with Crippen LogP contribution in [0.2, 0.25) is 0 Å². The van der Waals surface area contributed by atoms with E-state index in [-0.39, 0.29) is 30.1 Å². The Balaban J connectivity index is 1.25. The van der Waals surface area contributed by atoms with E-state index in [1.54, 1.807) is 0 Å². The number of amides is 1. The van der Waals surface area contributed by atoms with Gasteiger partial charge >= 0.3 is 6.01 Å². The highest BCUT2D eigenvalue weighted by atomic mass is 19.1. The minimum absolute atomic E-state index is 0.0642. The molecule has 4 aliphatic heterocycles. The van der Waals surface area contributed by atoms with Crippen LogP contribution in [-0.2, 0) is 29.7 Å². The van der Waals surface area contributed by atoms with E-state index in [9.17, 15) is 18.8 Å². The zero-order chi connectivity index (χ0) is 31.3. The number of nitrogens with zero attached hydrogens (tertiary/aromatic N) is 7. The number of fused-ring (bicyclic) bond motifs is 4. The van der Waals surface area contributed by atoms with Gasteiger partial charge in [0.05, 0.1) is 35.3 Å². The van der Waals surface area contributed by atoms with Crippen LogP contribution in [-0.4, -0.2) is 94.7 Å². The Bertz CT molecular complexity index is 1550. The van der Waals surface area contributed by atoms with Crippen LogP contribution >= 0.6 is 0 Å². The van der Waals surface area contributed by atoms with Gasteiger partial charge in [-0.15, -0.1) is 0 Å². The lowest BCUT2D eigenvalue weighted by Gasteiger charge is -2.50. The number of benzene rings is 1. The number of aryl methyl sites for hydroxylation is 1. The summed E-state index contributed by atoms with van der Waals surface area (Å²) in [5.41, 5.74) is 4.14. The SMILES string of the molecule is C=C(F)C(=O)N1CCN(c2nc(OC[C@@]34CCCN3C[C@H](F)C4)nc3c2CN(C)[C@@]2(CCCc4ccccc42)C3)C[C@@H]1CC#N. The Labute approximate surface area is 263 Å². The third kappa shape index (κ3) is 5.16. The summed E-state index contributed by atoms with van der Waals surface area (Å²) in [6, 6.07) is 10.6. The standard InChI is InChI=1S/C34H41F2N7O2/c1-23(35)31(44)43-16-15-41(20-26(43)10-13-37)30-27-21-40(2)34(12-5-8-24-7-3-4-9-28(24)34)18-29(27)38-32(39-30)45-22-33-11-6-14-42(33)19-25(36)17-33/h3-4,7,9,25-26H,1,5-6,8,10-12,14-22H2,2H3/t25-,26+,33+,34+/m1/s1. The molecule has 4 atom stereocenters. The van der Waals surface area contributed by atoms with E-state index >= 15 is 0 Å². The molecule has 0 bridgehead atoms. The molecule has 0 N–H and O–H groups in total. The molecule has 45 heavy (non-hydrogen) atoms. The summed E-state index contributed by atoms with van der Waals surface area (Å²) in [5.74, 6) is -1.07. The van der Waals surface area contributed by atoms with E-state index < -0.39 is 23.9 Å². The smallest absolute Gasteiger partial charge is 0.318 e. The zero-order valence-electron chi connectivity index (χ0n) is 26.0. The van der Waals surface area contributed by atoms with Gasteiger partial charge in [-0.3, -0.25) is 14.6 Å². The van der Waals surface area contributed by atoms with Crippen LogP contribution in [0.5, 0.6) is 6.01 Å². The molecule has 2 aromatic rings. The first-order valence-electron chi connectivity index (χ1n) is 16.2. The van der Waals surface area contributed by atoms with Gasteiger partial charge in [-0.1, -0.05) is 30.8 Å². The van der Waals surface area contributed by atoms with Gasteiger partial charge in [0.1, 0.15) is 18.6 Å². The second-order valence-corrected chi connectivity index (χ2v) is 13.6. The Morgan fingerprint density at radius 2 is 2.02 bits per heavy atom. The molecule has 1 aromatic carbocycles. The van der Waals surface area contributed by atoms with Crippen molar-refractivity contribution in [2.75, 3.05) is 51.3 Å². The van der Waals surface area contributed by atoms with Crippen molar-refractivity contribution in [1.82, 2.24) is 24.7 Å². The second kappa shape index (κ2) is 11.6. The minimum atomic E-state index is -1.02. The first-order valence-corrected chi connectivity index (χ1v) is 16.2. The van der Waals surface area contributed by atoms with Crippen LogP contribution < -0.4 is 9.64 Å². The number of ether oxygens (including phenoxy) is 1. The van der Waals surface area contributed by atoms with Gasteiger partial charge in [-0.05, 0) is 56.8 Å². The van der Waals surface area contributed by atoms with E-state index in [0.717, 1.165) is 55.7 Å². The highest BCUT2D eigenvalue weighted by molar-refractivity contribution is 5.91. The predicted octanol–water partition coefficient (Wildman–Crippen LogP) is 4.07. The minimum Gasteiger partial charge on any atom is -0.461 e. The Morgan fingerprint density at radius 1 is 1.18 bits per heavy atom. The van der Waals surface area contributed by atoms with Gasteiger partial charge in [0.2, 0.25) is 0 Å². The normalized spacial score (nSPS) is 29.6. The summed E-state index contributed by atoms with van der Waals surface area (Å²) in [6.07, 6.45) is 5.45. The van der Waals surface area contributed by atoms with Crippen molar-refractivity contribution in [1.29, 1.82) is 5.26 Å². The summed E-state index contributed by atoms with van der Waals surface area (Å²) >= 11 is 0. The molecule has 5 heterocycles. The van der Waals surface area contributed by atoms with E-state index in [0.29, 0.717) is 45.6 Å². The number of hydrogen-bond acceptors (Lipinski definition) is 8. The third-order valence-corrected chi connectivity index (χ3v) is 11.0. The van der Waals surface area contributed by atoms with E-state index in [1.165, 1.54) is 16.0 Å². The first kappa shape index (κ1) is 30.1. The number of rotatable bonds is 6. The molecule has 1 spiro atoms. The maximum atomic E-state index is 14.5. The van der Waals surface area contributed by atoms with Crippen LogP contribution in [0.1, 0.15) is 60.9 Å². The number of anilines is 1. The summed E-state index contributed by atoms with van der Waals surface area (Å²) in [6.45, 7) is 6.47.